The third kappa shape index (κ3) is 11.0. The molecule has 0 radical (unpaired) electrons. The van der Waals surface area contributed by atoms with E-state index in [1.807, 2.05) is 30.3 Å². The van der Waals surface area contributed by atoms with E-state index in [1.54, 1.807) is 0 Å². The fourth-order valence-corrected chi connectivity index (χ4v) is 3.58. The minimum atomic E-state index is -0.991. The maximum Gasteiger partial charge on any atom is 0.304 e. The number of carboxylic acid groups (broad SMARTS) is 1. The first-order valence-corrected chi connectivity index (χ1v) is 11.3. The molecule has 6 nitrogen and oxygen atoms in total. The van der Waals surface area contributed by atoms with Crippen molar-refractivity contribution >= 4 is 17.8 Å². The van der Waals surface area contributed by atoms with Gasteiger partial charge in [-0.2, -0.15) is 0 Å². The molecule has 0 bridgehead atoms. The number of carbonyl (C=O) groups excluding carboxylic acids is 2. The zero-order valence-electron chi connectivity index (χ0n) is 18.5. The highest BCUT2D eigenvalue weighted by Gasteiger charge is 2.26. The molecule has 1 rings (SSSR count). The average molecular weight is 419 g/mol. The van der Waals surface area contributed by atoms with Crippen molar-refractivity contribution in [1.29, 1.82) is 0 Å². The van der Waals surface area contributed by atoms with Crippen molar-refractivity contribution in [3.63, 3.8) is 0 Å². The fourth-order valence-electron chi connectivity index (χ4n) is 3.58. The molecule has 1 aromatic carbocycles. The summed E-state index contributed by atoms with van der Waals surface area (Å²) in [6, 6.07) is 8.74. The summed E-state index contributed by atoms with van der Waals surface area (Å²) in [6.45, 7) is 2.20. The molecular weight excluding hydrogens is 380 g/mol. The van der Waals surface area contributed by atoms with Gasteiger partial charge >= 0.3 is 5.97 Å². The molecule has 0 spiro atoms. The van der Waals surface area contributed by atoms with Gasteiger partial charge in [-0.3, -0.25) is 14.4 Å². The lowest BCUT2D eigenvalue weighted by Gasteiger charge is -2.21. The van der Waals surface area contributed by atoms with Crippen LogP contribution in [0.4, 0.5) is 0 Å². The van der Waals surface area contributed by atoms with Gasteiger partial charge in [0, 0.05) is 19.4 Å². The Balaban J connectivity index is 2.57. The lowest BCUT2D eigenvalue weighted by molar-refractivity contribution is -0.141. The van der Waals surface area contributed by atoms with Crippen molar-refractivity contribution in [2.24, 2.45) is 5.92 Å². The standard InChI is InChI=1S/C24H38N2O4/c1-3-4-5-6-7-8-9-13-16-20(18-22(27)28)23(29)26-21(24(30)25-2)17-19-14-11-10-12-15-19/h10-12,14-15,20-21H,3-9,13,16-18H2,1-2H3,(H,25,30)(H,26,29)(H,27,28)/t20-,21+/m1/s1. The first-order valence-electron chi connectivity index (χ1n) is 11.3. The normalized spacial score (nSPS) is 12.7. The summed E-state index contributed by atoms with van der Waals surface area (Å²) in [6.07, 6.45) is 9.80. The van der Waals surface area contributed by atoms with Gasteiger partial charge in [0.15, 0.2) is 0 Å². The Bertz CT molecular complexity index is 633. The number of nitrogens with one attached hydrogen (secondary N) is 2. The second kappa shape index (κ2) is 15.5. The molecule has 2 atom stereocenters. The van der Waals surface area contributed by atoms with Crippen molar-refractivity contribution in [2.45, 2.75) is 83.6 Å². The lowest BCUT2D eigenvalue weighted by atomic mass is 9.95. The predicted molar refractivity (Wildman–Crippen MR) is 119 cm³/mol. The summed E-state index contributed by atoms with van der Waals surface area (Å²) in [5.74, 6) is -2.25. The van der Waals surface area contributed by atoms with Crippen LogP contribution < -0.4 is 10.6 Å². The highest BCUT2D eigenvalue weighted by atomic mass is 16.4. The van der Waals surface area contributed by atoms with Gasteiger partial charge in [-0.15, -0.1) is 0 Å². The van der Waals surface area contributed by atoms with Crippen LogP contribution in [0.5, 0.6) is 0 Å². The van der Waals surface area contributed by atoms with E-state index in [4.69, 9.17) is 0 Å². The zero-order valence-corrected chi connectivity index (χ0v) is 18.5. The largest absolute Gasteiger partial charge is 0.481 e. The van der Waals surface area contributed by atoms with Crippen LogP contribution in [0.1, 0.15) is 76.7 Å². The monoisotopic (exact) mass is 418 g/mol. The highest BCUT2D eigenvalue weighted by molar-refractivity contribution is 5.89. The van der Waals surface area contributed by atoms with Crippen molar-refractivity contribution in [3.8, 4) is 0 Å². The molecule has 0 saturated carbocycles. The minimum absolute atomic E-state index is 0.214. The van der Waals surface area contributed by atoms with E-state index in [0.717, 1.165) is 24.8 Å². The maximum atomic E-state index is 12.8. The van der Waals surface area contributed by atoms with Crippen molar-refractivity contribution < 1.29 is 19.5 Å². The van der Waals surface area contributed by atoms with Crippen LogP contribution in [0.15, 0.2) is 30.3 Å². The molecule has 2 amide bonds. The summed E-state index contributed by atoms with van der Waals surface area (Å²) in [7, 11) is 1.53. The third-order valence-electron chi connectivity index (χ3n) is 5.36. The maximum absolute atomic E-state index is 12.8. The number of unbranched alkanes of at least 4 members (excludes halogenated alkanes) is 7. The lowest BCUT2D eigenvalue weighted by Crippen LogP contribution is -2.49. The van der Waals surface area contributed by atoms with Gasteiger partial charge in [0.05, 0.1) is 6.42 Å². The number of aliphatic carboxylic acids is 1. The number of hydrogen-bond donors (Lipinski definition) is 3. The molecule has 30 heavy (non-hydrogen) atoms. The van der Waals surface area contributed by atoms with Crippen molar-refractivity contribution in [3.05, 3.63) is 35.9 Å². The number of carboxylic acids is 1. The summed E-state index contributed by atoms with van der Waals surface area (Å²) >= 11 is 0. The van der Waals surface area contributed by atoms with E-state index in [1.165, 1.54) is 39.2 Å². The van der Waals surface area contributed by atoms with Crippen molar-refractivity contribution in [1.82, 2.24) is 10.6 Å². The van der Waals surface area contributed by atoms with Crippen LogP contribution >= 0.6 is 0 Å². The number of hydrogen-bond acceptors (Lipinski definition) is 3. The Labute approximate surface area is 180 Å². The van der Waals surface area contributed by atoms with E-state index in [-0.39, 0.29) is 18.2 Å². The number of carbonyl (C=O) groups is 3. The van der Waals surface area contributed by atoms with Crippen LogP contribution in [0.2, 0.25) is 0 Å². The molecule has 0 aliphatic heterocycles. The molecule has 3 N–H and O–H groups in total. The van der Waals surface area contributed by atoms with E-state index < -0.39 is 17.9 Å². The van der Waals surface area contributed by atoms with E-state index in [2.05, 4.69) is 17.6 Å². The molecule has 0 saturated heterocycles. The second-order valence-corrected chi connectivity index (χ2v) is 7.92. The van der Waals surface area contributed by atoms with Crippen LogP contribution in [-0.2, 0) is 20.8 Å². The minimum Gasteiger partial charge on any atom is -0.481 e. The Kier molecular flexibility index (Phi) is 13.2. The van der Waals surface area contributed by atoms with E-state index in [9.17, 15) is 19.5 Å². The smallest absolute Gasteiger partial charge is 0.304 e. The van der Waals surface area contributed by atoms with Gasteiger partial charge in [0.2, 0.25) is 11.8 Å². The van der Waals surface area contributed by atoms with Crippen LogP contribution in [0.3, 0.4) is 0 Å². The number of benzene rings is 1. The fraction of sp³-hybridized carbons (Fsp3) is 0.625. The molecule has 0 fully saturated rings. The summed E-state index contributed by atoms with van der Waals surface area (Å²) < 4.78 is 0. The SMILES string of the molecule is CCCCCCCCCC[C@H](CC(=O)O)C(=O)N[C@@H](Cc1ccccc1)C(=O)NC. The quantitative estimate of drug-likeness (QED) is 0.353. The summed E-state index contributed by atoms with van der Waals surface area (Å²) in [5.41, 5.74) is 0.934. The Morgan fingerprint density at radius 2 is 1.50 bits per heavy atom. The molecule has 6 heteroatoms. The molecule has 0 aliphatic carbocycles. The first-order chi connectivity index (χ1) is 14.5. The Hall–Kier alpha value is -2.37. The molecule has 1 aromatic rings. The number of amides is 2. The number of rotatable bonds is 16. The van der Waals surface area contributed by atoms with Crippen LogP contribution in [0.25, 0.3) is 0 Å². The first kappa shape index (κ1) is 25.7. The third-order valence-corrected chi connectivity index (χ3v) is 5.36. The van der Waals surface area contributed by atoms with Gasteiger partial charge < -0.3 is 15.7 Å². The van der Waals surface area contributed by atoms with Crippen LogP contribution in [-0.4, -0.2) is 36.0 Å². The molecule has 0 unspecified atom stereocenters. The summed E-state index contributed by atoms with van der Waals surface area (Å²) in [5, 5.41) is 14.6. The van der Waals surface area contributed by atoms with Gasteiger partial charge in [-0.05, 0) is 12.0 Å². The Morgan fingerprint density at radius 1 is 0.900 bits per heavy atom. The van der Waals surface area contributed by atoms with E-state index >= 15 is 0 Å². The molecule has 0 heterocycles. The second-order valence-electron chi connectivity index (χ2n) is 7.92. The predicted octanol–water partition coefficient (Wildman–Crippen LogP) is 4.08. The topological polar surface area (TPSA) is 95.5 Å². The summed E-state index contributed by atoms with van der Waals surface area (Å²) in [4.78, 5) is 36.3. The van der Waals surface area contributed by atoms with Gasteiger partial charge in [-0.1, -0.05) is 88.6 Å². The van der Waals surface area contributed by atoms with Gasteiger partial charge in [0.25, 0.3) is 0 Å². The molecule has 168 valence electrons. The average Bonchev–Trinajstić information content (AvgIpc) is 2.74. The highest BCUT2D eigenvalue weighted by Crippen LogP contribution is 2.17. The molecule has 0 aliphatic rings. The number of likely N-dealkylation sites (N-methyl/N-ethyl adjacent to an activating group) is 1. The molecular formula is C24H38N2O4. The van der Waals surface area contributed by atoms with E-state index in [0.29, 0.717) is 12.8 Å². The zero-order chi connectivity index (χ0) is 22.2. The Morgan fingerprint density at radius 3 is 2.07 bits per heavy atom. The van der Waals surface area contributed by atoms with Gasteiger partial charge in [-0.25, -0.2) is 0 Å². The van der Waals surface area contributed by atoms with Gasteiger partial charge in [0.1, 0.15) is 6.04 Å². The van der Waals surface area contributed by atoms with Crippen LogP contribution in [0, 0.1) is 5.92 Å². The molecule has 0 aromatic heterocycles. The van der Waals surface area contributed by atoms with Crippen molar-refractivity contribution in [2.75, 3.05) is 7.05 Å².